The van der Waals surface area contributed by atoms with Crippen LogP contribution in [0.2, 0.25) is 0 Å². The van der Waals surface area contributed by atoms with Crippen molar-refractivity contribution in [2.45, 2.75) is 63.6 Å². The molecule has 1 saturated carbocycles. The van der Waals surface area contributed by atoms with Gasteiger partial charge in [0.2, 0.25) is 5.91 Å². The Bertz CT molecular complexity index is 651. The zero-order chi connectivity index (χ0) is 17.8. The molecule has 1 aromatic heterocycles. The first-order valence-electron chi connectivity index (χ1n) is 8.90. The molecular formula is C17H24N4O4. The molecule has 0 unspecified atom stereocenters. The van der Waals surface area contributed by atoms with Crippen molar-refractivity contribution in [3.63, 3.8) is 0 Å². The molecule has 8 heteroatoms. The number of rotatable bonds is 5. The summed E-state index contributed by atoms with van der Waals surface area (Å²) >= 11 is 0. The Labute approximate surface area is 146 Å². The van der Waals surface area contributed by atoms with Crippen molar-refractivity contribution in [3.8, 4) is 0 Å². The Balaban J connectivity index is 1.57. The van der Waals surface area contributed by atoms with Gasteiger partial charge in [0.05, 0.1) is 11.8 Å². The van der Waals surface area contributed by atoms with Gasteiger partial charge in [-0.25, -0.2) is 4.79 Å². The van der Waals surface area contributed by atoms with Crippen molar-refractivity contribution in [3.05, 3.63) is 18.0 Å². The van der Waals surface area contributed by atoms with E-state index in [1.54, 1.807) is 0 Å². The van der Waals surface area contributed by atoms with Crippen LogP contribution in [0.4, 0.5) is 0 Å². The van der Waals surface area contributed by atoms with Gasteiger partial charge in [0, 0.05) is 18.8 Å². The van der Waals surface area contributed by atoms with Crippen LogP contribution in [0.5, 0.6) is 0 Å². The van der Waals surface area contributed by atoms with Gasteiger partial charge < -0.3 is 15.3 Å². The molecule has 1 aromatic rings. The van der Waals surface area contributed by atoms with Crippen molar-refractivity contribution in [1.82, 2.24) is 20.0 Å². The highest BCUT2D eigenvalue weighted by molar-refractivity contribution is 5.96. The molecule has 1 atom stereocenters. The highest BCUT2D eigenvalue weighted by atomic mass is 16.4. The Hall–Kier alpha value is -2.38. The van der Waals surface area contributed by atoms with E-state index in [0.717, 1.165) is 25.7 Å². The predicted molar refractivity (Wildman–Crippen MR) is 88.9 cm³/mol. The number of likely N-dealkylation sites (tertiary alicyclic amines) is 1. The average molecular weight is 348 g/mol. The first kappa shape index (κ1) is 17.4. The van der Waals surface area contributed by atoms with E-state index in [4.69, 9.17) is 0 Å². The van der Waals surface area contributed by atoms with Crippen LogP contribution in [0, 0.1) is 0 Å². The normalized spacial score (nSPS) is 21.3. The van der Waals surface area contributed by atoms with E-state index in [2.05, 4.69) is 10.4 Å². The Kier molecular flexibility index (Phi) is 5.35. The molecule has 0 radical (unpaired) electrons. The number of carbonyl (C=O) groups is 3. The molecule has 2 aliphatic rings. The second-order valence-corrected chi connectivity index (χ2v) is 6.82. The molecule has 2 amide bonds. The summed E-state index contributed by atoms with van der Waals surface area (Å²) in [6.07, 6.45) is 9.61. The summed E-state index contributed by atoms with van der Waals surface area (Å²) in [6.45, 7) is 0.495. The molecular weight excluding hydrogens is 324 g/mol. The molecule has 136 valence electrons. The molecule has 2 N–H and O–H groups in total. The van der Waals surface area contributed by atoms with Gasteiger partial charge in [0.25, 0.3) is 5.91 Å². The molecule has 1 aliphatic heterocycles. The lowest BCUT2D eigenvalue weighted by Gasteiger charge is -2.22. The summed E-state index contributed by atoms with van der Waals surface area (Å²) in [7, 11) is 0. The van der Waals surface area contributed by atoms with E-state index in [0.29, 0.717) is 24.9 Å². The fourth-order valence-electron chi connectivity index (χ4n) is 3.66. The lowest BCUT2D eigenvalue weighted by molar-refractivity contribution is -0.141. The molecule has 2 fully saturated rings. The maximum absolute atomic E-state index is 12.5. The number of hydrogen-bond acceptors (Lipinski definition) is 4. The number of aromatic nitrogens is 2. The minimum Gasteiger partial charge on any atom is -0.480 e. The molecule has 1 saturated heterocycles. The van der Waals surface area contributed by atoms with Crippen LogP contribution in [0.3, 0.4) is 0 Å². The van der Waals surface area contributed by atoms with E-state index in [9.17, 15) is 19.5 Å². The van der Waals surface area contributed by atoms with Gasteiger partial charge in [-0.3, -0.25) is 14.3 Å². The molecule has 0 spiro atoms. The third kappa shape index (κ3) is 4.18. The van der Waals surface area contributed by atoms with Crippen molar-refractivity contribution >= 4 is 17.8 Å². The number of carboxylic acids is 1. The van der Waals surface area contributed by atoms with Gasteiger partial charge in [-0.1, -0.05) is 19.3 Å². The first-order valence-corrected chi connectivity index (χ1v) is 8.90. The zero-order valence-corrected chi connectivity index (χ0v) is 14.2. The van der Waals surface area contributed by atoms with Crippen LogP contribution >= 0.6 is 0 Å². The summed E-state index contributed by atoms with van der Waals surface area (Å²) in [5.41, 5.74) is 0.318. The Morgan fingerprint density at radius 3 is 2.64 bits per heavy atom. The molecule has 0 aromatic carbocycles. The van der Waals surface area contributed by atoms with Crippen LogP contribution in [0.1, 0.15) is 55.3 Å². The van der Waals surface area contributed by atoms with E-state index in [1.165, 1.54) is 28.4 Å². The number of carboxylic acid groups (broad SMARTS) is 1. The topological polar surface area (TPSA) is 105 Å². The molecule has 0 bridgehead atoms. The van der Waals surface area contributed by atoms with Crippen LogP contribution in [-0.4, -0.2) is 56.2 Å². The zero-order valence-electron chi connectivity index (χ0n) is 14.2. The fraction of sp³-hybridized carbons (Fsp3) is 0.647. The fourth-order valence-corrected chi connectivity index (χ4v) is 3.66. The molecule has 8 nitrogen and oxygen atoms in total. The summed E-state index contributed by atoms with van der Waals surface area (Å²) in [5, 5.41) is 16.3. The third-order valence-electron chi connectivity index (χ3n) is 4.95. The van der Waals surface area contributed by atoms with Gasteiger partial charge in [-0.2, -0.15) is 5.10 Å². The van der Waals surface area contributed by atoms with E-state index >= 15 is 0 Å². The van der Waals surface area contributed by atoms with Crippen molar-refractivity contribution < 1.29 is 19.5 Å². The quantitative estimate of drug-likeness (QED) is 0.827. The Morgan fingerprint density at radius 2 is 1.92 bits per heavy atom. The maximum atomic E-state index is 12.5. The van der Waals surface area contributed by atoms with Gasteiger partial charge in [0.15, 0.2) is 0 Å². The molecule has 25 heavy (non-hydrogen) atoms. The molecule has 3 rings (SSSR count). The highest BCUT2D eigenvalue weighted by Crippen LogP contribution is 2.20. The average Bonchev–Trinajstić information content (AvgIpc) is 3.24. The third-order valence-corrected chi connectivity index (χ3v) is 4.95. The first-order chi connectivity index (χ1) is 12.0. The molecule has 2 heterocycles. The second-order valence-electron chi connectivity index (χ2n) is 6.82. The summed E-state index contributed by atoms with van der Waals surface area (Å²) in [4.78, 5) is 37.2. The maximum Gasteiger partial charge on any atom is 0.326 e. The number of carbonyl (C=O) groups excluding carboxylic acids is 2. The minimum absolute atomic E-state index is 0.0616. The van der Waals surface area contributed by atoms with Gasteiger partial charge in [-0.15, -0.1) is 0 Å². The van der Waals surface area contributed by atoms with Crippen LogP contribution < -0.4 is 5.32 Å². The van der Waals surface area contributed by atoms with Crippen LogP contribution in [-0.2, 0) is 16.1 Å². The molecule has 1 aliphatic carbocycles. The van der Waals surface area contributed by atoms with Gasteiger partial charge in [-0.05, 0) is 25.7 Å². The smallest absolute Gasteiger partial charge is 0.326 e. The number of nitrogens with one attached hydrogen (secondary N) is 1. The monoisotopic (exact) mass is 348 g/mol. The van der Waals surface area contributed by atoms with Gasteiger partial charge in [0.1, 0.15) is 12.6 Å². The van der Waals surface area contributed by atoms with Gasteiger partial charge >= 0.3 is 5.97 Å². The SMILES string of the molecule is O=C(Cn1cc(C(=O)N2CCC[C@H]2C(=O)O)cn1)NC1CCCCC1. The predicted octanol–water partition coefficient (Wildman–Crippen LogP) is 1.02. The minimum atomic E-state index is -0.981. The van der Waals surface area contributed by atoms with E-state index in [1.807, 2.05) is 0 Å². The number of amides is 2. The summed E-state index contributed by atoms with van der Waals surface area (Å²) in [5.74, 6) is -1.44. The number of nitrogens with zero attached hydrogens (tertiary/aromatic N) is 3. The highest BCUT2D eigenvalue weighted by Gasteiger charge is 2.34. The van der Waals surface area contributed by atoms with Crippen molar-refractivity contribution in [1.29, 1.82) is 0 Å². The lowest BCUT2D eigenvalue weighted by atomic mass is 9.95. The number of hydrogen-bond donors (Lipinski definition) is 2. The standard InChI is InChI=1S/C17H24N4O4/c22-15(19-13-5-2-1-3-6-13)11-20-10-12(9-18-20)16(23)21-8-4-7-14(21)17(24)25/h9-10,13-14H,1-8,11H2,(H,19,22)(H,24,25)/t14-/m0/s1. The summed E-state index contributed by atoms with van der Waals surface area (Å²) in [6, 6.07) is -0.538. The van der Waals surface area contributed by atoms with Crippen LogP contribution in [0.25, 0.3) is 0 Å². The largest absolute Gasteiger partial charge is 0.480 e. The Morgan fingerprint density at radius 1 is 1.16 bits per heavy atom. The summed E-state index contributed by atoms with van der Waals surface area (Å²) < 4.78 is 1.43. The second kappa shape index (κ2) is 7.67. The van der Waals surface area contributed by atoms with Crippen LogP contribution in [0.15, 0.2) is 12.4 Å². The van der Waals surface area contributed by atoms with Crippen molar-refractivity contribution in [2.24, 2.45) is 0 Å². The van der Waals surface area contributed by atoms with Crippen molar-refractivity contribution in [2.75, 3.05) is 6.54 Å². The lowest BCUT2D eigenvalue weighted by Crippen LogP contribution is -2.40. The van der Waals surface area contributed by atoms with E-state index < -0.39 is 12.0 Å². The van der Waals surface area contributed by atoms with E-state index in [-0.39, 0.29) is 24.4 Å². The number of aliphatic carboxylic acids is 1.